The molecule has 0 atom stereocenters. The van der Waals surface area contributed by atoms with Crippen LogP contribution < -0.4 is 16.0 Å². The lowest BCUT2D eigenvalue weighted by atomic mass is 10.2. The van der Waals surface area contributed by atoms with Crippen LogP contribution in [0, 0.1) is 0 Å². The summed E-state index contributed by atoms with van der Waals surface area (Å²) in [5.74, 6) is -0.794. The van der Waals surface area contributed by atoms with E-state index >= 15 is 0 Å². The number of carboxylic acids is 1. The zero-order chi connectivity index (χ0) is 12.9. The number of hydrogen-bond acceptors (Lipinski definition) is 3. The monoisotopic (exact) mass is 245 g/mol. The lowest BCUT2D eigenvalue weighted by Crippen LogP contribution is -2.37. The maximum Gasteiger partial charge on any atom is 0.314 e. The number of amides is 2. The maximum atomic E-state index is 11.2. The Labute approximate surface area is 102 Å². The van der Waals surface area contributed by atoms with Crippen molar-refractivity contribution in [2.24, 2.45) is 0 Å². The van der Waals surface area contributed by atoms with Crippen LogP contribution in [-0.2, 0) is 4.79 Å². The molecular formula is C11H23N3O3. The fourth-order valence-corrected chi connectivity index (χ4v) is 1.26. The molecule has 0 aromatic heterocycles. The van der Waals surface area contributed by atoms with Gasteiger partial charge in [-0.05, 0) is 32.4 Å². The van der Waals surface area contributed by atoms with Gasteiger partial charge in [0, 0.05) is 19.5 Å². The van der Waals surface area contributed by atoms with Crippen LogP contribution in [0.2, 0.25) is 0 Å². The Morgan fingerprint density at radius 2 is 1.65 bits per heavy atom. The van der Waals surface area contributed by atoms with Crippen molar-refractivity contribution in [1.82, 2.24) is 16.0 Å². The van der Waals surface area contributed by atoms with Crippen molar-refractivity contribution in [3.05, 3.63) is 0 Å². The molecule has 0 saturated carbocycles. The summed E-state index contributed by atoms with van der Waals surface area (Å²) in [4.78, 5) is 21.4. The molecule has 0 aliphatic carbocycles. The van der Waals surface area contributed by atoms with E-state index in [0.717, 1.165) is 19.5 Å². The molecule has 0 aliphatic rings. The van der Waals surface area contributed by atoms with Crippen LogP contribution in [0.25, 0.3) is 0 Å². The highest BCUT2D eigenvalue weighted by atomic mass is 16.4. The molecule has 4 N–H and O–H groups in total. The van der Waals surface area contributed by atoms with Gasteiger partial charge in [-0.1, -0.05) is 6.92 Å². The summed E-state index contributed by atoms with van der Waals surface area (Å²) in [6.45, 7) is 5.04. The molecule has 0 aromatic carbocycles. The number of hydrogen-bond donors (Lipinski definition) is 4. The number of aliphatic carboxylic acids is 1. The average Bonchev–Trinajstić information content (AvgIpc) is 2.28. The van der Waals surface area contributed by atoms with E-state index in [1.165, 1.54) is 0 Å². The minimum Gasteiger partial charge on any atom is -0.481 e. The Balaban J connectivity index is 3.20. The van der Waals surface area contributed by atoms with E-state index < -0.39 is 5.97 Å². The number of rotatable bonds is 10. The SMILES string of the molecule is CCNCCCNC(=O)NCCCCC(=O)O. The number of nitrogens with one attached hydrogen (secondary N) is 3. The Morgan fingerprint density at radius 3 is 2.24 bits per heavy atom. The van der Waals surface area contributed by atoms with Gasteiger partial charge < -0.3 is 21.1 Å². The molecular weight excluding hydrogens is 222 g/mol. The average molecular weight is 245 g/mol. The molecule has 0 heterocycles. The van der Waals surface area contributed by atoms with Crippen LogP contribution in [-0.4, -0.2) is 43.3 Å². The number of carbonyl (C=O) groups excluding carboxylic acids is 1. The van der Waals surface area contributed by atoms with Gasteiger partial charge in [0.05, 0.1) is 0 Å². The molecule has 100 valence electrons. The molecule has 17 heavy (non-hydrogen) atoms. The fourth-order valence-electron chi connectivity index (χ4n) is 1.26. The van der Waals surface area contributed by atoms with E-state index in [-0.39, 0.29) is 12.5 Å². The second-order valence-electron chi connectivity index (χ2n) is 3.74. The molecule has 0 saturated heterocycles. The summed E-state index contributed by atoms with van der Waals surface area (Å²) >= 11 is 0. The van der Waals surface area contributed by atoms with Crippen molar-refractivity contribution < 1.29 is 14.7 Å². The molecule has 0 radical (unpaired) electrons. The Kier molecular flexibility index (Phi) is 10.3. The minimum atomic E-state index is -0.794. The molecule has 0 unspecified atom stereocenters. The Bertz CT molecular complexity index is 222. The van der Waals surface area contributed by atoms with E-state index in [1.807, 2.05) is 6.92 Å². The van der Waals surface area contributed by atoms with Crippen molar-refractivity contribution >= 4 is 12.0 Å². The van der Waals surface area contributed by atoms with Gasteiger partial charge in [-0.25, -0.2) is 4.79 Å². The summed E-state index contributed by atoms with van der Waals surface area (Å²) in [7, 11) is 0. The zero-order valence-electron chi connectivity index (χ0n) is 10.4. The minimum absolute atomic E-state index is 0.159. The molecule has 0 fully saturated rings. The van der Waals surface area contributed by atoms with Gasteiger partial charge in [0.1, 0.15) is 0 Å². The fraction of sp³-hybridized carbons (Fsp3) is 0.818. The second kappa shape index (κ2) is 11.2. The smallest absolute Gasteiger partial charge is 0.314 e. The largest absolute Gasteiger partial charge is 0.481 e. The number of unbranched alkanes of at least 4 members (excludes halogenated alkanes) is 1. The quantitative estimate of drug-likeness (QED) is 0.423. The lowest BCUT2D eigenvalue weighted by molar-refractivity contribution is -0.137. The molecule has 0 spiro atoms. The Hall–Kier alpha value is -1.30. The summed E-state index contributed by atoms with van der Waals surface area (Å²) in [6, 6.07) is -0.183. The predicted molar refractivity (Wildman–Crippen MR) is 66.0 cm³/mol. The van der Waals surface area contributed by atoms with Crippen molar-refractivity contribution in [3.8, 4) is 0 Å². The van der Waals surface area contributed by atoms with Crippen molar-refractivity contribution in [1.29, 1.82) is 0 Å². The lowest BCUT2D eigenvalue weighted by Gasteiger charge is -2.07. The first-order valence-electron chi connectivity index (χ1n) is 6.11. The van der Waals surface area contributed by atoms with Crippen LogP contribution in [0.1, 0.15) is 32.6 Å². The first kappa shape index (κ1) is 15.7. The van der Waals surface area contributed by atoms with Crippen LogP contribution in [0.4, 0.5) is 4.79 Å². The third-order valence-electron chi connectivity index (χ3n) is 2.17. The van der Waals surface area contributed by atoms with Gasteiger partial charge in [0.2, 0.25) is 0 Å². The topological polar surface area (TPSA) is 90.5 Å². The molecule has 2 amide bonds. The van der Waals surface area contributed by atoms with Gasteiger partial charge in [-0.3, -0.25) is 4.79 Å². The molecule has 0 bridgehead atoms. The molecule has 6 nitrogen and oxygen atoms in total. The van der Waals surface area contributed by atoms with Crippen LogP contribution in [0.5, 0.6) is 0 Å². The third kappa shape index (κ3) is 12.6. The first-order chi connectivity index (χ1) is 8.16. The second-order valence-corrected chi connectivity index (χ2v) is 3.74. The number of urea groups is 1. The number of carboxylic acid groups (broad SMARTS) is 1. The normalized spacial score (nSPS) is 9.94. The van der Waals surface area contributed by atoms with E-state index in [2.05, 4.69) is 16.0 Å². The van der Waals surface area contributed by atoms with E-state index in [4.69, 9.17) is 5.11 Å². The van der Waals surface area contributed by atoms with Gasteiger partial charge in [-0.2, -0.15) is 0 Å². The summed E-state index contributed by atoms with van der Waals surface area (Å²) in [5.41, 5.74) is 0. The highest BCUT2D eigenvalue weighted by Crippen LogP contribution is 1.92. The van der Waals surface area contributed by atoms with Crippen LogP contribution >= 0.6 is 0 Å². The standard InChI is InChI=1S/C11H23N3O3/c1-2-12-7-5-9-14-11(17)13-8-4-3-6-10(15)16/h12H,2-9H2,1H3,(H,15,16)(H2,13,14,17). The highest BCUT2D eigenvalue weighted by Gasteiger charge is 1.99. The zero-order valence-corrected chi connectivity index (χ0v) is 10.4. The third-order valence-corrected chi connectivity index (χ3v) is 2.17. The summed E-state index contributed by atoms with van der Waals surface area (Å²) in [6.07, 6.45) is 2.35. The first-order valence-corrected chi connectivity index (χ1v) is 6.11. The van der Waals surface area contributed by atoms with Gasteiger partial charge in [0.25, 0.3) is 0 Å². The van der Waals surface area contributed by atoms with Crippen LogP contribution in [0.15, 0.2) is 0 Å². The van der Waals surface area contributed by atoms with Crippen molar-refractivity contribution in [3.63, 3.8) is 0 Å². The van der Waals surface area contributed by atoms with E-state index in [1.54, 1.807) is 0 Å². The van der Waals surface area contributed by atoms with Crippen molar-refractivity contribution in [2.75, 3.05) is 26.2 Å². The summed E-state index contributed by atoms with van der Waals surface area (Å²) in [5, 5.41) is 17.0. The van der Waals surface area contributed by atoms with Gasteiger partial charge in [-0.15, -0.1) is 0 Å². The predicted octanol–water partition coefficient (Wildman–Crippen LogP) is 0.540. The molecule has 6 heteroatoms. The molecule has 0 rings (SSSR count). The molecule has 0 aromatic rings. The summed E-state index contributed by atoms with van der Waals surface area (Å²) < 4.78 is 0. The Morgan fingerprint density at radius 1 is 1.00 bits per heavy atom. The highest BCUT2D eigenvalue weighted by molar-refractivity contribution is 5.73. The van der Waals surface area contributed by atoms with Gasteiger partial charge in [0.15, 0.2) is 0 Å². The van der Waals surface area contributed by atoms with E-state index in [9.17, 15) is 9.59 Å². The van der Waals surface area contributed by atoms with E-state index in [0.29, 0.717) is 25.9 Å². The van der Waals surface area contributed by atoms with Gasteiger partial charge >= 0.3 is 12.0 Å². The van der Waals surface area contributed by atoms with Crippen molar-refractivity contribution in [2.45, 2.75) is 32.6 Å². The van der Waals surface area contributed by atoms with Crippen LogP contribution in [0.3, 0.4) is 0 Å². The number of carbonyl (C=O) groups is 2. The maximum absolute atomic E-state index is 11.2. The molecule has 0 aliphatic heterocycles.